The van der Waals surface area contributed by atoms with E-state index < -0.39 is 0 Å². The Morgan fingerprint density at radius 3 is 1.53 bits per heavy atom. The molecule has 0 spiro atoms. The van der Waals surface area contributed by atoms with E-state index in [2.05, 4.69) is 184 Å². The van der Waals surface area contributed by atoms with Crippen molar-refractivity contribution in [1.82, 2.24) is 0 Å². The van der Waals surface area contributed by atoms with E-state index in [0.29, 0.717) is 0 Å². The first-order valence-electron chi connectivity index (χ1n) is 16.5. The van der Waals surface area contributed by atoms with Crippen LogP contribution in [0.2, 0.25) is 0 Å². The number of fused-ring (bicyclic) bond motifs is 5. The summed E-state index contributed by atoms with van der Waals surface area (Å²) in [5.74, 6) is 0. The van der Waals surface area contributed by atoms with E-state index in [1.165, 1.54) is 88.3 Å². The molecule has 0 N–H and O–H groups in total. The molecule has 0 atom stereocenters. The topological polar surface area (TPSA) is 0 Å². The van der Waals surface area contributed by atoms with E-state index in [-0.39, 0.29) is 5.41 Å². The van der Waals surface area contributed by atoms with Crippen molar-refractivity contribution in [3.8, 4) is 55.6 Å². The minimum Gasteiger partial charge on any atom is -0.0622 e. The first-order chi connectivity index (χ1) is 23.1. The highest BCUT2D eigenvalue weighted by molar-refractivity contribution is 6.24. The van der Waals surface area contributed by atoms with Crippen LogP contribution in [0.3, 0.4) is 0 Å². The summed E-state index contributed by atoms with van der Waals surface area (Å²) >= 11 is 0. The Hall–Kier alpha value is -5.72. The molecule has 0 bridgehead atoms. The van der Waals surface area contributed by atoms with Crippen LogP contribution in [0.1, 0.15) is 25.0 Å². The number of hydrogen-bond acceptors (Lipinski definition) is 0. The lowest BCUT2D eigenvalue weighted by Crippen LogP contribution is -2.14. The molecule has 222 valence electrons. The summed E-state index contributed by atoms with van der Waals surface area (Å²) in [6.07, 6.45) is 0. The molecule has 0 aromatic heterocycles. The van der Waals surface area contributed by atoms with Crippen LogP contribution in [-0.2, 0) is 5.41 Å². The molecule has 0 saturated carbocycles. The third-order valence-corrected chi connectivity index (χ3v) is 10.3. The second-order valence-electron chi connectivity index (χ2n) is 13.2. The third kappa shape index (κ3) is 4.22. The molecule has 47 heavy (non-hydrogen) atoms. The maximum absolute atomic E-state index is 2.44. The molecular weight excluding hydrogens is 565 g/mol. The normalized spacial score (nSPS) is 13.1. The summed E-state index contributed by atoms with van der Waals surface area (Å²) < 4.78 is 0. The van der Waals surface area contributed by atoms with Gasteiger partial charge in [0.1, 0.15) is 0 Å². The third-order valence-electron chi connectivity index (χ3n) is 10.3. The van der Waals surface area contributed by atoms with Crippen LogP contribution < -0.4 is 0 Å². The zero-order valence-corrected chi connectivity index (χ0v) is 26.7. The van der Waals surface area contributed by atoms with E-state index in [4.69, 9.17) is 0 Å². The van der Waals surface area contributed by atoms with Gasteiger partial charge in [0.2, 0.25) is 0 Å². The van der Waals surface area contributed by atoms with Gasteiger partial charge in [-0.2, -0.15) is 0 Å². The largest absolute Gasteiger partial charge is 0.0622 e. The van der Waals surface area contributed by atoms with Crippen LogP contribution in [0.25, 0.3) is 77.2 Å². The Kier molecular flexibility index (Phi) is 6.27. The summed E-state index contributed by atoms with van der Waals surface area (Å²) in [6.45, 7) is 4.74. The average molecular weight is 599 g/mol. The van der Waals surface area contributed by atoms with Crippen LogP contribution in [0.5, 0.6) is 0 Å². The van der Waals surface area contributed by atoms with Crippen LogP contribution in [0.15, 0.2) is 170 Å². The molecule has 0 radical (unpaired) electrons. The molecule has 0 amide bonds. The van der Waals surface area contributed by atoms with Crippen LogP contribution in [0, 0.1) is 0 Å². The minimum atomic E-state index is -0.0721. The second-order valence-corrected chi connectivity index (χ2v) is 13.2. The van der Waals surface area contributed by atoms with Gasteiger partial charge in [-0.05, 0) is 94.4 Å². The lowest BCUT2D eigenvalue weighted by molar-refractivity contribution is 0.660. The Morgan fingerprint density at radius 2 is 0.809 bits per heavy atom. The zero-order chi connectivity index (χ0) is 31.5. The van der Waals surface area contributed by atoms with Crippen molar-refractivity contribution >= 4 is 21.5 Å². The molecule has 8 aromatic rings. The Bertz CT molecular complexity index is 2460. The van der Waals surface area contributed by atoms with Gasteiger partial charge in [0.25, 0.3) is 0 Å². The molecule has 0 heterocycles. The van der Waals surface area contributed by atoms with E-state index >= 15 is 0 Å². The van der Waals surface area contributed by atoms with Crippen molar-refractivity contribution in [3.05, 3.63) is 181 Å². The zero-order valence-electron chi connectivity index (χ0n) is 26.7. The maximum atomic E-state index is 2.44. The highest BCUT2D eigenvalue weighted by atomic mass is 14.4. The summed E-state index contributed by atoms with van der Waals surface area (Å²) in [4.78, 5) is 0. The standard InChI is InChI=1S/C47H34/c1-47(2)42-26-14-13-24-39(42)46-40(25-15-27-43(46)47)45-37-23-12-11-22-36(37)44(35-21-10-9-20-34(35)32-18-7-4-8-19-32)38-29-28-33(30-41(38)45)31-16-5-3-6-17-31/h3-30H,1-2H3. The SMILES string of the molecule is CC1(C)c2ccccc2-c2c(-c3c4ccccc4c(-c4ccccc4-c4ccccc4)c4ccc(-c5ccccc5)cc34)cccc21. The van der Waals surface area contributed by atoms with Crippen molar-refractivity contribution < 1.29 is 0 Å². The number of benzene rings is 8. The van der Waals surface area contributed by atoms with E-state index in [1.54, 1.807) is 0 Å². The van der Waals surface area contributed by atoms with Gasteiger partial charge in [-0.1, -0.05) is 178 Å². The Labute approximate surface area is 276 Å². The van der Waals surface area contributed by atoms with Crippen molar-refractivity contribution in [1.29, 1.82) is 0 Å². The molecule has 0 fully saturated rings. The Morgan fingerprint density at radius 1 is 0.298 bits per heavy atom. The average Bonchev–Trinajstić information content (AvgIpc) is 3.37. The fourth-order valence-corrected chi connectivity index (χ4v) is 8.10. The smallest absolute Gasteiger partial charge is 0.0159 e. The van der Waals surface area contributed by atoms with Crippen LogP contribution in [-0.4, -0.2) is 0 Å². The molecule has 9 rings (SSSR count). The quantitative estimate of drug-likeness (QED) is 0.177. The van der Waals surface area contributed by atoms with Gasteiger partial charge in [0.15, 0.2) is 0 Å². The lowest BCUT2D eigenvalue weighted by Gasteiger charge is -2.23. The summed E-state index contributed by atoms with van der Waals surface area (Å²) in [5, 5.41) is 5.09. The molecule has 8 aromatic carbocycles. The summed E-state index contributed by atoms with van der Waals surface area (Å²) in [6, 6.07) is 62.6. The number of rotatable bonds is 4. The van der Waals surface area contributed by atoms with Gasteiger partial charge in [-0.25, -0.2) is 0 Å². The lowest BCUT2D eigenvalue weighted by atomic mass is 9.80. The van der Waals surface area contributed by atoms with Crippen molar-refractivity contribution in [3.63, 3.8) is 0 Å². The predicted octanol–water partition coefficient (Wildman–Crippen LogP) is 13.0. The summed E-state index contributed by atoms with van der Waals surface area (Å²) in [7, 11) is 0. The van der Waals surface area contributed by atoms with E-state index in [9.17, 15) is 0 Å². The van der Waals surface area contributed by atoms with E-state index in [1.807, 2.05) is 0 Å². The van der Waals surface area contributed by atoms with Gasteiger partial charge >= 0.3 is 0 Å². The fraction of sp³-hybridized carbons (Fsp3) is 0.0638. The van der Waals surface area contributed by atoms with E-state index in [0.717, 1.165) is 0 Å². The monoisotopic (exact) mass is 598 g/mol. The van der Waals surface area contributed by atoms with Crippen molar-refractivity contribution in [2.24, 2.45) is 0 Å². The van der Waals surface area contributed by atoms with Gasteiger partial charge in [0.05, 0.1) is 0 Å². The molecule has 0 nitrogen and oxygen atoms in total. The summed E-state index contributed by atoms with van der Waals surface area (Å²) in [5.41, 5.74) is 15.5. The molecule has 0 heteroatoms. The number of hydrogen-bond donors (Lipinski definition) is 0. The van der Waals surface area contributed by atoms with Crippen molar-refractivity contribution in [2.75, 3.05) is 0 Å². The van der Waals surface area contributed by atoms with Crippen molar-refractivity contribution in [2.45, 2.75) is 19.3 Å². The van der Waals surface area contributed by atoms with Crippen LogP contribution >= 0.6 is 0 Å². The van der Waals surface area contributed by atoms with Crippen LogP contribution in [0.4, 0.5) is 0 Å². The molecule has 0 aliphatic heterocycles. The molecule has 1 aliphatic rings. The first kappa shape index (κ1) is 27.6. The maximum Gasteiger partial charge on any atom is 0.0159 e. The molecule has 0 unspecified atom stereocenters. The fourth-order valence-electron chi connectivity index (χ4n) is 8.10. The van der Waals surface area contributed by atoms with Gasteiger partial charge in [0, 0.05) is 5.41 Å². The molecular formula is C47H34. The predicted molar refractivity (Wildman–Crippen MR) is 201 cm³/mol. The minimum absolute atomic E-state index is 0.0721. The second kappa shape index (κ2) is 10.7. The van der Waals surface area contributed by atoms with Gasteiger partial charge < -0.3 is 0 Å². The Balaban J connectivity index is 1.45. The molecule has 1 aliphatic carbocycles. The van der Waals surface area contributed by atoms with Gasteiger partial charge in [-0.15, -0.1) is 0 Å². The molecule has 0 saturated heterocycles. The highest BCUT2D eigenvalue weighted by Crippen LogP contribution is 2.55. The van der Waals surface area contributed by atoms with Gasteiger partial charge in [-0.3, -0.25) is 0 Å². The first-order valence-corrected chi connectivity index (χ1v) is 16.5. The highest BCUT2D eigenvalue weighted by Gasteiger charge is 2.37.